The highest BCUT2D eigenvalue weighted by atomic mass is 35.5. The van der Waals surface area contributed by atoms with Gasteiger partial charge < -0.3 is 10.4 Å². The fraction of sp³-hybridized carbons (Fsp3) is 0.467. The van der Waals surface area contributed by atoms with E-state index in [1.54, 1.807) is 23.9 Å². The molecule has 0 atom stereocenters. The molecule has 1 aromatic carbocycles. The summed E-state index contributed by atoms with van der Waals surface area (Å²) in [6.07, 6.45) is 2.03. The molecule has 0 aromatic heterocycles. The minimum Gasteiger partial charge on any atom is -0.481 e. The molecule has 1 aliphatic rings. The minimum atomic E-state index is -0.877. The quantitative estimate of drug-likeness (QED) is 0.774. The molecule has 114 valence electrons. The van der Waals surface area contributed by atoms with Gasteiger partial charge in [-0.25, -0.2) is 0 Å². The predicted octanol–water partition coefficient (Wildman–Crippen LogP) is 4.04. The Morgan fingerprint density at radius 3 is 2.67 bits per heavy atom. The summed E-state index contributed by atoms with van der Waals surface area (Å²) >= 11 is 7.57. The molecule has 0 spiro atoms. The Labute approximate surface area is 133 Å². The van der Waals surface area contributed by atoms with Crippen molar-refractivity contribution in [2.75, 3.05) is 11.1 Å². The molecule has 0 saturated heterocycles. The Hall–Kier alpha value is -1.20. The molecule has 4 nitrogen and oxygen atoms in total. The summed E-state index contributed by atoms with van der Waals surface area (Å²) in [7, 11) is 0. The van der Waals surface area contributed by atoms with Crippen molar-refractivity contribution in [3.8, 4) is 0 Å². The topological polar surface area (TPSA) is 66.4 Å². The standard InChI is InChI=1S/C15H18ClNO3S/c1-2-21-12-5-4-10(16)8-11(12)17-13(18)9-15(14(19)20)6-3-7-15/h4-5,8H,2-3,6-7,9H2,1H3,(H,17,18)(H,19,20). The molecule has 0 heterocycles. The van der Waals surface area contributed by atoms with E-state index in [1.165, 1.54) is 0 Å². The first-order valence-corrected chi connectivity index (χ1v) is 8.29. The summed E-state index contributed by atoms with van der Waals surface area (Å²) in [6.45, 7) is 2.03. The second-order valence-electron chi connectivity index (χ2n) is 5.24. The van der Waals surface area contributed by atoms with E-state index < -0.39 is 11.4 Å². The number of nitrogens with one attached hydrogen (secondary N) is 1. The van der Waals surface area contributed by atoms with E-state index in [2.05, 4.69) is 5.32 Å². The highest BCUT2D eigenvalue weighted by Crippen LogP contribution is 2.44. The molecule has 1 amide bonds. The van der Waals surface area contributed by atoms with Gasteiger partial charge in [-0.1, -0.05) is 24.9 Å². The normalized spacial score (nSPS) is 16.1. The lowest BCUT2D eigenvalue weighted by atomic mass is 9.66. The van der Waals surface area contributed by atoms with E-state index in [0.29, 0.717) is 23.6 Å². The second kappa shape index (κ2) is 6.71. The smallest absolute Gasteiger partial charge is 0.310 e. The summed E-state index contributed by atoms with van der Waals surface area (Å²) in [5.41, 5.74) is -0.222. The van der Waals surface area contributed by atoms with Crippen molar-refractivity contribution in [2.45, 2.75) is 37.5 Å². The molecular formula is C15H18ClNO3S. The van der Waals surface area contributed by atoms with Crippen molar-refractivity contribution in [1.82, 2.24) is 0 Å². The Bertz CT molecular complexity index is 558. The fourth-order valence-corrected chi connectivity index (χ4v) is 3.37. The molecule has 21 heavy (non-hydrogen) atoms. The number of anilines is 1. The van der Waals surface area contributed by atoms with Crippen molar-refractivity contribution in [1.29, 1.82) is 0 Å². The number of benzene rings is 1. The van der Waals surface area contributed by atoms with Crippen LogP contribution in [0.2, 0.25) is 5.02 Å². The number of halogens is 1. The Balaban J connectivity index is 2.09. The Morgan fingerprint density at radius 2 is 2.14 bits per heavy atom. The Kier molecular flexibility index (Phi) is 5.17. The average molecular weight is 328 g/mol. The van der Waals surface area contributed by atoms with Crippen LogP contribution in [0.4, 0.5) is 5.69 Å². The monoisotopic (exact) mass is 327 g/mol. The van der Waals surface area contributed by atoms with Gasteiger partial charge in [0.05, 0.1) is 11.1 Å². The van der Waals surface area contributed by atoms with Crippen LogP contribution in [0.25, 0.3) is 0 Å². The molecule has 1 aromatic rings. The van der Waals surface area contributed by atoms with Gasteiger partial charge in [0.25, 0.3) is 0 Å². The zero-order valence-corrected chi connectivity index (χ0v) is 13.4. The van der Waals surface area contributed by atoms with Crippen LogP contribution in [0, 0.1) is 5.41 Å². The van der Waals surface area contributed by atoms with Gasteiger partial charge in [0.1, 0.15) is 0 Å². The van der Waals surface area contributed by atoms with Gasteiger partial charge >= 0.3 is 5.97 Å². The van der Waals surface area contributed by atoms with Crippen LogP contribution in [0.1, 0.15) is 32.6 Å². The van der Waals surface area contributed by atoms with Gasteiger partial charge in [-0.05, 0) is 36.8 Å². The SMILES string of the molecule is CCSc1ccc(Cl)cc1NC(=O)CC1(C(=O)O)CCC1. The largest absolute Gasteiger partial charge is 0.481 e. The lowest BCUT2D eigenvalue weighted by Gasteiger charge is -2.36. The highest BCUT2D eigenvalue weighted by molar-refractivity contribution is 7.99. The van der Waals surface area contributed by atoms with Gasteiger partial charge in [-0.15, -0.1) is 11.8 Å². The van der Waals surface area contributed by atoms with E-state index in [1.807, 2.05) is 13.0 Å². The van der Waals surface area contributed by atoms with E-state index in [9.17, 15) is 14.7 Å². The number of carboxylic acids is 1. The first-order chi connectivity index (χ1) is 9.97. The molecule has 2 rings (SSSR count). The number of aliphatic carboxylic acids is 1. The number of hydrogen-bond donors (Lipinski definition) is 2. The molecule has 6 heteroatoms. The minimum absolute atomic E-state index is 0.0189. The van der Waals surface area contributed by atoms with E-state index >= 15 is 0 Å². The van der Waals surface area contributed by atoms with Crippen LogP contribution in [-0.2, 0) is 9.59 Å². The van der Waals surface area contributed by atoms with Crippen LogP contribution in [-0.4, -0.2) is 22.7 Å². The van der Waals surface area contributed by atoms with Crippen molar-refractivity contribution < 1.29 is 14.7 Å². The fourth-order valence-electron chi connectivity index (χ4n) is 2.45. The molecule has 0 unspecified atom stereocenters. The van der Waals surface area contributed by atoms with Gasteiger partial charge in [-0.3, -0.25) is 9.59 Å². The first-order valence-electron chi connectivity index (χ1n) is 6.92. The van der Waals surface area contributed by atoms with E-state index in [-0.39, 0.29) is 12.3 Å². The number of thioether (sulfide) groups is 1. The second-order valence-corrected chi connectivity index (χ2v) is 6.98. The summed E-state index contributed by atoms with van der Waals surface area (Å²) < 4.78 is 0. The maximum atomic E-state index is 12.2. The number of carbonyl (C=O) groups is 2. The molecule has 0 radical (unpaired) electrons. The zero-order chi connectivity index (χ0) is 15.5. The highest BCUT2D eigenvalue weighted by Gasteiger charge is 2.45. The molecule has 0 bridgehead atoms. The maximum Gasteiger partial charge on any atom is 0.310 e. The molecule has 0 aliphatic heterocycles. The van der Waals surface area contributed by atoms with Crippen molar-refractivity contribution in [3.63, 3.8) is 0 Å². The van der Waals surface area contributed by atoms with Crippen LogP contribution >= 0.6 is 23.4 Å². The maximum absolute atomic E-state index is 12.2. The molecule has 2 N–H and O–H groups in total. The van der Waals surface area contributed by atoms with Gasteiger partial charge in [0, 0.05) is 16.3 Å². The lowest BCUT2D eigenvalue weighted by Crippen LogP contribution is -2.41. The molecule has 1 aliphatic carbocycles. The van der Waals surface area contributed by atoms with Crippen molar-refractivity contribution >= 4 is 40.9 Å². The summed E-state index contributed by atoms with van der Waals surface area (Å²) in [4.78, 5) is 24.4. The van der Waals surface area contributed by atoms with Crippen LogP contribution in [0.15, 0.2) is 23.1 Å². The molecule has 1 fully saturated rings. The van der Waals surface area contributed by atoms with E-state index in [4.69, 9.17) is 11.6 Å². The van der Waals surface area contributed by atoms with Gasteiger partial charge in [0.2, 0.25) is 5.91 Å². The van der Waals surface area contributed by atoms with Crippen LogP contribution < -0.4 is 5.32 Å². The Morgan fingerprint density at radius 1 is 1.43 bits per heavy atom. The van der Waals surface area contributed by atoms with Crippen LogP contribution in [0.5, 0.6) is 0 Å². The average Bonchev–Trinajstić information content (AvgIpc) is 2.37. The summed E-state index contributed by atoms with van der Waals surface area (Å²) in [5.74, 6) is -0.265. The predicted molar refractivity (Wildman–Crippen MR) is 85.0 cm³/mol. The first kappa shape index (κ1) is 16.2. The van der Waals surface area contributed by atoms with Gasteiger partial charge in [-0.2, -0.15) is 0 Å². The van der Waals surface area contributed by atoms with Crippen molar-refractivity contribution in [2.24, 2.45) is 5.41 Å². The summed E-state index contributed by atoms with van der Waals surface area (Å²) in [5, 5.41) is 12.6. The van der Waals surface area contributed by atoms with Crippen molar-refractivity contribution in [3.05, 3.63) is 23.2 Å². The number of carbonyl (C=O) groups excluding carboxylic acids is 1. The lowest BCUT2D eigenvalue weighted by molar-refractivity contribution is -0.157. The van der Waals surface area contributed by atoms with E-state index in [0.717, 1.165) is 17.1 Å². The third kappa shape index (κ3) is 3.71. The molecule has 1 saturated carbocycles. The summed E-state index contributed by atoms with van der Waals surface area (Å²) in [6, 6.07) is 5.34. The van der Waals surface area contributed by atoms with Gasteiger partial charge in [0.15, 0.2) is 0 Å². The number of amides is 1. The number of rotatable bonds is 6. The third-order valence-electron chi connectivity index (χ3n) is 3.78. The molecular weight excluding hydrogens is 310 g/mol. The third-order valence-corrected chi connectivity index (χ3v) is 4.97. The number of hydrogen-bond acceptors (Lipinski definition) is 3. The zero-order valence-electron chi connectivity index (χ0n) is 11.8. The number of carboxylic acid groups (broad SMARTS) is 1. The van der Waals surface area contributed by atoms with Crippen LogP contribution in [0.3, 0.4) is 0 Å².